The Bertz CT molecular complexity index is 180. The highest BCUT2D eigenvalue weighted by molar-refractivity contribution is 5.32. The zero-order valence-electron chi connectivity index (χ0n) is 7.58. The van der Waals surface area contributed by atoms with Gasteiger partial charge in [-0.2, -0.15) is 0 Å². The summed E-state index contributed by atoms with van der Waals surface area (Å²) in [5.74, 6) is 6.60. The first-order valence-corrected chi connectivity index (χ1v) is 3.69. The number of hydrogen-bond donors (Lipinski definition) is 0. The van der Waals surface area contributed by atoms with Crippen molar-refractivity contribution in [2.24, 2.45) is 5.92 Å². The van der Waals surface area contributed by atoms with Crippen molar-refractivity contribution in [3.05, 3.63) is 11.1 Å². The van der Waals surface area contributed by atoms with E-state index in [1.807, 2.05) is 6.92 Å². The smallest absolute Gasteiger partial charge is 0.00320 e. The van der Waals surface area contributed by atoms with E-state index in [-0.39, 0.29) is 0 Å². The molecule has 0 radical (unpaired) electrons. The van der Waals surface area contributed by atoms with Crippen LogP contribution >= 0.6 is 0 Å². The molecule has 0 aromatic carbocycles. The van der Waals surface area contributed by atoms with E-state index < -0.39 is 0 Å². The average Bonchev–Trinajstić information content (AvgIpc) is 1.81. The Morgan fingerprint density at radius 3 is 1.80 bits per heavy atom. The molecule has 0 N–H and O–H groups in total. The standard InChI is InChI=1S/C10H16/c1-6-7-10(8(2)3)9(4)5/h8H,1-5H3. The Morgan fingerprint density at radius 1 is 1.20 bits per heavy atom. The van der Waals surface area contributed by atoms with Crippen molar-refractivity contribution in [2.75, 3.05) is 0 Å². The SMILES string of the molecule is CC#CC(=C(C)C)C(C)C. The lowest BCUT2D eigenvalue weighted by Crippen LogP contribution is -1.92. The highest BCUT2D eigenvalue weighted by Gasteiger charge is 1.99. The first-order chi connectivity index (χ1) is 4.59. The quantitative estimate of drug-likeness (QED) is 0.486. The molecular weight excluding hydrogens is 120 g/mol. The Hall–Kier alpha value is -0.700. The highest BCUT2D eigenvalue weighted by Crippen LogP contribution is 2.12. The van der Waals surface area contributed by atoms with Gasteiger partial charge >= 0.3 is 0 Å². The number of hydrogen-bond acceptors (Lipinski definition) is 0. The fourth-order valence-corrected chi connectivity index (χ4v) is 0.981. The topological polar surface area (TPSA) is 0 Å². The zero-order valence-corrected chi connectivity index (χ0v) is 7.58. The van der Waals surface area contributed by atoms with Crippen molar-refractivity contribution >= 4 is 0 Å². The van der Waals surface area contributed by atoms with Crippen molar-refractivity contribution in [1.29, 1.82) is 0 Å². The van der Waals surface area contributed by atoms with E-state index in [0.29, 0.717) is 5.92 Å². The molecular formula is C10H16. The maximum absolute atomic E-state index is 3.11. The molecule has 0 fully saturated rings. The lowest BCUT2D eigenvalue weighted by Gasteiger charge is -2.05. The van der Waals surface area contributed by atoms with E-state index in [0.717, 1.165) is 0 Å². The van der Waals surface area contributed by atoms with Gasteiger partial charge in [-0.3, -0.25) is 0 Å². The van der Waals surface area contributed by atoms with Crippen LogP contribution in [0.1, 0.15) is 34.6 Å². The third-order valence-electron chi connectivity index (χ3n) is 1.38. The van der Waals surface area contributed by atoms with E-state index >= 15 is 0 Å². The summed E-state index contributed by atoms with van der Waals surface area (Å²) in [7, 11) is 0. The van der Waals surface area contributed by atoms with Gasteiger partial charge in [0.15, 0.2) is 0 Å². The summed E-state index contributed by atoms with van der Waals surface area (Å²) in [6.45, 7) is 10.4. The lowest BCUT2D eigenvalue weighted by molar-refractivity contribution is 0.787. The van der Waals surface area contributed by atoms with Gasteiger partial charge in [-0.1, -0.05) is 25.3 Å². The van der Waals surface area contributed by atoms with Crippen molar-refractivity contribution in [1.82, 2.24) is 0 Å². The molecule has 0 unspecified atom stereocenters. The first-order valence-electron chi connectivity index (χ1n) is 3.69. The van der Waals surface area contributed by atoms with Gasteiger partial charge in [0.25, 0.3) is 0 Å². The minimum absolute atomic E-state index is 0.567. The van der Waals surface area contributed by atoms with E-state index in [4.69, 9.17) is 0 Å². The van der Waals surface area contributed by atoms with Gasteiger partial charge in [0, 0.05) is 5.57 Å². The second-order valence-electron chi connectivity index (χ2n) is 2.94. The molecule has 0 spiro atoms. The van der Waals surface area contributed by atoms with Crippen LogP contribution in [0.3, 0.4) is 0 Å². The summed E-state index contributed by atoms with van der Waals surface area (Å²) >= 11 is 0. The predicted octanol–water partition coefficient (Wildman–Crippen LogP) is 3.00. The zero-order chi connectivity index (χ0) is 8.15. The maximum Gasteiger partial charge on any atom is 0.00320 e. The monoisotopic (exact) mass is 136 g/mol. The van der Waals surface area contributed by atoms with E-state index in [1.165, 1.54) is 11.1 Å². The molecule has 0 aromatic rings. The normalized spacial score (nSPS) is 8.60. The van der Waals surface area contributed by atoms with Crippen molar-refractivity contribution in [3.63, 3.8) is 0 Å². The highest BCUT2D eigenvalue weighted by atomic mass is 14.0. The van der Waals surface area contributed by atoms with Crippen molar-refractivity contribution < 1.29 is 0 Å². The Balaban J connectivity index is 4.55. The summed E-state index contributed by atoms with van der Waals surface area (Å²) in [4.78, 5) is 0. The van der Waals surface area contributed by atoms with E-state index in [9.17, 15) is 0 Å². The van der Waals surface area contributed by atoms with Crippen LogP contribution in [-0.2, 0) is 0 Å². The van der Waals surface area contributed by atoms with E-state index in [2.05, 4.69) is 39.5 Å². The molecule has 0 nitrogen and oxygen atoms in total. The summed E-state index contributed by atoms with van der Waals surface area (Å²) in [5.41, 5.74) is 2.62. The maximum atomic E-state index is 3.11. The fourth-order valence-electron chi connectivity index (χ4n) is 0.981. The fraction of sp³-hybridized carbons (Fsp3) is 0.600. The van der Waals surface area contributed by atoms with Gasteiger partial charge in [0.05, 0.1) is 0 Å². The van der Waals surface area contributed by atoms with Crippen LogP contribution in [0.25, 0.3) is 0 Å². The molecule has 0 rings (SSSR count). The van der Waals surface area contributed by atoms with Crippen molar-refractivity contribution in [2.45, 2.75) is 34.6 Å². The summed E-state index contributed by atoms with van der Waals surface area (Å²) in [6.07, 6.45) is 0. The van der Waals surface area contributed by atoms with Gasteiger partial charge < -0.3 is 0 Å². The molecule has 0 aliphatic heterocycles. The molecule has 0 aliphatic carbocycles. The van der Waals surface area contributed by atoms with Crippen LogP contribution in [0.4, 0.5) is 0 Å². The number of allylic oxidation sites excluding steroid dienone is 2. The third-order valence-corrected chi connectivity index (χ3v) is 1.38. The molecule has 0 bridgehead atoms. The predicted molar refractivity (Wildman–Crippen MR) is 46.7 cm³/mol. The second kappa shape index (κ2) is 4.17. The van der Waals surface area contributed by atoms with Gasteiger partial charge in [-0.05, 0) is 26.7 Å². The molecule has 0 aromatic heterocycles. The van der Waals surface area contributed by atoms with Crippen LogP contribution in [0.5, 0.6) is 0 Å². The third kappa shape index (κ3) is 2.73. The Labute approximate surface area is 64.3 Å². The van der Waals surface area contributed by atoms with Crippen LogP contribution < -0.4 is 0 Å². The van der Waals surface area contributed by atoms with Gasteiger partial charge in [-0.25, -0.2) is 0 Å². The molecule has 0 amide bonds. The second-order valence-corrected chi connectivity index (χ2v) is 2.94. The summed E-state index contributed by atoms with van der Waals surface area (Å²) < 4.78 is 0. The molecule has 0 saturated carbocycles. The molecule has 0 atom stereocenters. The van der Waals surface area contributed by atoms with Crippen molar-refractivity contribution in [3.8, 4) is 11.8 Å². The average molecular weight is 136 g/mol. The molecule has 56 valence electrons. The number of rotatable bonds is 1. The minimum Gasteiger partial charge on any atom is -0.102 e. The summed E-state index contributed by atoms with van der Waals surface area (Å²) in [5, 5.41) is 0. The lowest BCUT2D eigenvalue weighted by atomic mass is 9.99. The molecule has 0 heterocycles. The van der Waals surface area contributed by atoms with Gasteiger partial charge in [0.2, 0.25) is 0 Å². The van der Waals surface area contributed by atoms with E-state index in [1.54, 1.807) is 0 Å². The molecule has 0 heteroatoms. The van der Waals surface area contributed by atoms with Crippen LogP contribution in [0, 0.1) is 17.8 Å². The molecule has 0 aliphatic rings. The minimum atomic E-state index is 0.567. The molecule has 10 heavy (non-hydrogen) atoms. The Kier molecular flexibility index (Phi) is 3.88. The Morgan fingerprint density at radius 2 is 1.70 bits per heavy atom. The molecule has 0 saturated heterocycles. The van der Waals surface area contributed by atoms with Crippen LogP contribution in [0.15, 0.2) is 11.1 Å². The van der Waals surface area contributed by atoms with Gasteiger partial charge in [0.1, 0.15) is 0 Å². The first kappa shape index (κ1) is 9.30. The largest absolute Gasteiger partial charge is 0.102 e. The summed E-state index contributed by atoms with van der Waals surface area (Å²) in [6, 6.07) is 0. The van der Waals surface area contributed by atoms with Gasteiger partial charge in [-0.15, -0.1) is 5.92 Å². The van der Waals surface area contributed by atoms with Crippen LogP contribution in [-0.4, -0.2) is 0 Å². The van der Waals surface area contributed by atoms with Crippen LogP contribution in [0.2, 0.25) is 0 Å².